The summed E-state index contributed by atoms with van der Waals surface area (Å²) in [7, 11) is 2.03. The molecular formula is C22H27ClN4O5S. The zero-order valence-corrected chi connectivity index (χ0v) is 20.1. The molecule has 2 saturated heterocycles. The molecule has 0 radical (unpaired) electrons. The van der Waals surface area contributed by atoms with Gasteiger partial charge in [0.1, 0.15) is 5.54 Å². The van der Waals surface area contributed by atoms with Crippen LogP contribution in [0.2, 0.25) is 4.34 Å². The molecule has 33 heavy (non-hydrogen) atoms. The smallest absolute Gasteiger partial charge is 0.399 e. The first-order valence-electron chi connectivity index (χ1n) is 10.7. The Labute approximate surface area is 201 Å². The summed E-state index contributed by atoms with van der Waals surface area (Å²) in [5.74, 6) is -0.353. The Morgan fingerprint density at radius 2 is 1.97 bits per heavy atom. The highest BCUT2D eigenvalue weighted by Gasteiger charge is 2.44. The average Bonchev–Trinajstić information content (AvgIpc) is 3.35. The second-order valence-corrected chi connectivity index (χ2v) is 9.71. The molecule has 2 fully saturated rings. The molecule has 1 aromatic carbocycles. The summed E-state index contributed by atoms with van der Waals surface area (Å²) >= 11 is 7.02. The number of ether oxygens (including phenoxy) is 3. The number of nitrogens with zero attached hydrogens (tertiary/aromatic N) is 2. The zero-order valence-electron chi connectivity index (χ0n) is 18.6. The summed E-state index contributed by atoms with van der Waals surface area (Å²) in [4.78, 5) is 25.7. The molecule has 9 nitrogen and oxygen atoms in total. The Balaban J connectivity index is 1.45. The van der Waals surface area contributed by atoms with Crippen LogP contribution in [0.15, 0.2) is 30.3 Å². The van der Waals surface area contributed by atoms with Crippen molar-refractivity contribution in [1.82, 2.24) is 10.3 Å². The van der Waals surface area contributed by atoms with Crippen LogP contribution in [0.5, 0.6) is 5.06 Å². The number of rotatable bonds is 5. The molecule has 0 aliphatic carbocycles. The molecule has 1 aromatic heterocycles. The van der Waals surface area contributed by atoms with Gasteiger partial charge in [0, 0.05) is 32.3 Å². The van der Waals surface area contributed by atoms with Gasteiger partial charge in [-0.3, -0.25) is 4.79 Å². The van der Waals surface area contributed by atoms with Crippen LogP contribution in [-0.4, -0.2) is 69.1 Å². The third kappa shape index (κ3) is 5.59. The lowest BCUT2D eigenvalue weighted by Crippen LogP contribution is -2.58. The lowest BCUT2D eigenvalue weighted by atomic mass is 9.97. The minimum Gasteiger partial charge on any atom is -0.399 e. The number of carbonyl (C=O) groups excluding carboxylic acids is 2. The van der Waals surface area contributed by atoms with Crippen molar-refractivity contribution in [3.8, 4) is 5.06 Å². The average molecular weight is 495 g/mol. The molecule has 2 N–H and O–H groups in total. The summed E-state index contributed by atoms with van der Waals surface area (Å²) in [6.45, 7) is 5.34. The van der Waals surface area contributed by atoms with Gasteiger partial charge in [-0.25, -0.2) is 9.80 Å². The van der Waals surface area contributed by atoms with Gasteiger partial charge in [0.2, 0.25) is 0 Å². The molecule has 1 atom stereocenters. The molecule has 0 saturated carbocycles. The van der Waals surface area contributed by atoms with Crippen LogP contribution in [0.3, 0.4) is 0 Å². The van der Waals surface area contributed by atoms with Crippen molar-refractivity contribution in [2.45, 2.75) is 18.9 Å². The number of anilines is 2. The lowest BCUT2D eigenvalue weighted by molar-refractivity contribution is -0.122. The maximum atomic E-state index is 13.2. The molecule has 0 spiro atoms. The Morgan fingerprint density at radius 3 is 2.67 bits per heavy atom. The van der Waals surface area contributed by atoms with Crippen LogP contribution in [0.25, 0.3) is 0 Å². The van der Waals surface area contributed by atoms with E-state index in [1.165, 1.54) is 0 Å². The number of aryl methyl sites for hydroxylation is 1. The molecule has 2 aromatic rings. The van der Waals surface area contributed by atoms with Crippen LogP contribution in [0.1, 0.15) is 12.0 Å². The van der Waals surface area contributed by atoms with Gasteiger partial charge in [-0.15, -0.1) is 0 Å². The third-order valence-corrected chi connectivity index (χ3v) is 6.80. The van der Waals surface area contributed by atoms with Crippen molar-refractivity contribution in [2.24, 2.45) is 0 Å². The highest BCUT2D eigenvalue weighted by Crippen LogP contribution is 2.30. The van der Waals surface area contributed by atoms with Gasteiger partial charge in [-0.1, -0.05) is 22.9 Å². The van der Waals surface area contributed by atoms with E-state index in [0.717, 1.165) is 35.7 Å². The molecule has 0 bridgehead atoms. The van der Waals surface area contributed by atoms with E-state index in [9.17, 15) is 9.59 Å². The predicted octanol–water partition coefficient (Wildman–Crippen LogP) is 3.28. The van der Waals surface area contributed by atoms with Crippen LogP contribution >= 0.6 is 22.9 Å². The fraction of sp³-hybridized carbons (Fsp3) is 0.455. The van der Waals surface area contributed by atoms with Gasteiger partial charge in [-0.2, -0.15) is 0 Å². The van der Waals surface area contributed by atoms with E-state index >= 15 is 0 Å². The normalized spacial score (nSPS) is 21.5. The second-order valence-electron chi connectivity index (χ2n) is 8.03. The van der Waals surface area contributed by atoms with Gasteiger partial charge < -0.3 is 29.9 Å². The van der Waals surface area contributed by atoms with Gasteiger partial charge in [0.25, 0.3) is 5.91 Å². The van der Waals surface area contributed by atoms with E-state index in [0.29, 0.717) is 41.3 Å². The first-order chi connectivity index (χ1) is 15.9. The number of hydrogen-bond donors (Lipinski definition) is 2. The lowest BCUT2D eigenvalue weighted by Gasteiger charge is -2.32. The topological polar surface area (TPSA) is 92.4 Å². The Hall–Kier alpha value is -2.37. The maximum Gasteiger partial charge on any atom is 0.414 e. The Morgan fingerprint density at radius 1 is 1.15 bits per heavy atom. The van der Waals surface area contributed by atoms with Gasteiger partial charge in [0.05, 0.1) is 36.4 Å². The minimum atomic E-state index is -1.22. The number of halogens is 1. The molecule has 1 unspecified atom stereocenters. The number of nitrogens with one attached hydrogen (secondary N) is 2. The van der Waals surface area contributed by atoms with E-state index < -0.39 is 11.6 Å². The van der Waals surface area contributed by atoms with E-state index in [1.807, 2.05) is 32.2 Å². The van der Waals surface area contributed by atoms with Gasteiger partial charge in [-0.05, 0) is 42.8 Å². The predicted molar refractivity (Wildman–Crippen MR) is 127 cm³/mol. The highest BCUT2D eigenvalue weighted by atomic mass is 35.5. The largest absolute Gasteiger partial charge is 0.414 e. The monoisotopic (exact) mass is 494 g/mol. The standard InChI is InChI=1S/C22H27ClN4O5S/c1-15-13-16(3-4-17(15)27-9-12-30-11-8-26(27)2)24-20(28)22(7-10-31-14-22)25-21(29)32-19-6-5-18(23)33-19/h3-6,13H,7-12,14H2,1-2H3,(H,24,28)(H,25,29). The number of thiophene rings is 1. The fourth-order valence-electron chi connectivity index (χ4n) is 3.88. The summed E-state index contributed by atoms with van der Waals surface area (Å²) in [5.41, 5.74) is 1.49. The summed E-state index contributed by atoms with van der Waals surface area (Å²) in [6.07, 6.45) is -0.387. The van der Waals surface area contributed by atoms with Gasteiger partial charge in [0.15, 0.2) is 5.06 Å². The molecule has 2 amide bonds. The van der Waals surface area contributed by atoms with Crippen molar-refractivity contribution < 1.29 is 23.8 Å². The SMILES string of the molecule is Cc1cc(NC(=O)C2(NC(=O)Oc3ccc(Cl)s3)CCOC2)ccc1N1CCOCCN1C. The van der Waals surface area contributed by atoms with Crippen molar-refractivity contribution in [1.29, 1.82) is 0 Å². The Kier molecular flexibility index (Phi) is 7.40. The number of likely N-dealkylation sites (N-methyl/N-ethyl adjacent to an activating group) is 1. The molecule has 178 valence electrons. The second kappa shape index (κ2) is 10.3. The number of hydrazine groups is 1. The van der Waals surface area contributed by atoms with E-state index in [2.05, 4.69) is 20.7 Å². The van der Waals surface area contributed by atoms with Crippen LogP contribution in [0.4, 0.5) is 16.2 Å². The van der Waals surface area contributed by atoms with Crippen molar-refractivity contribution in [2.75, 3.05) is 56.9 Å². The first kappa shape index (κ1) is 23.8. The first-order valence-corrected chi connectivity index (χ1v) is 11.9. The molecular weight excluding hydrogens is 468 g/mol. The van der Waals surface area contributed by atoms with Crippen molar-refractivity contribution in [3.05, 3.63) is 40.2 Å². The van der Waals surface area contributed by atoms with Crippen molar-refractivity contribution >= 4 is 46.3 Å². The van der Waals surface area contributed by atoms with Crippen LogP contribution < -0.4 is 20.4 Å². The highest BCUT2D eigenvalue weighted by molar-refractivity contribution is 7.17. The summed E-state index contributed by atoms with van der Waals surface area (Å²) < 4.78 is 16.8. The van der Waals surface area contributed by atoms with Crippen LogP contribution in [-0.2, 0) is 14.3 Å². The van der Waals surface area contributed by atoms with Crippen LogP contribution in [0, 0.1) is 6.92 Å². The van der Waals surface area contributed by atoms with Crippen molar-refractivity contribution in [3.63, 3.8) is 0 Å². The number of hydrogen-bond acceptors (Lipinski definition) is 8. The molecule has 2 aliphatic heterocycles. The maximum absolute atomic E-state index is 13.2. The Bertz CT molecular complexity index is 1010. The van der Waals surface area contributed by atoms with E-state index in [1.54, 1.807) is 12.1 Å². The molecule has 2 aliphatic rings. The quantitative estimate of drug-likeness (QED) is 0.659. The summed E-state index contributed by atoms with van der Waals surface area (Å²) in [6, 6.07) is 8.99. The zero-order chi connectivity index (χ0) is 23.4. The van der Waals surface area contributed by atoms with Gasteiger partial charge >= 0.3 is 6.09 Å². The summed E-state index contributed by atoms with van der Waals surface area (Å²) in [5, 5.41) is 10.3. The molecule has 11 heteroatoms. The molecule has 4 rings (SSSR count). The number of carbonyl (C=O) groups is 2. The minimum absolute atomic E-state index is 0.0643. The molecule has 3 heterocycles. The fourth-order valence-corrected chi connectivity index (χ4v) is 4.76. The third-order valence-electron chi connectivity index (χ3n) is 5.69. The van der Waals surface area contributed by atoms with E-state index in [4.69, 9.17) is 25.8 Å². The van der Waals surface area contributed by atoms with E-state index in [-0.39, 0.29) is 12.5 Å². The number of amides is 2. The number of benzene rings is 1.